The largest absolute Gasteiger partial charge is 0.0984 e. The van der Waals surface area contributed by atoms with Gasteiger partial charge in [-0.15, -0.1) is 0 Å². The van der Waals surface area contributed by atoms with Gasteiger partial charge in [-0.2, -0.15) is 0 Å². The van der Waals surface area contributed by atoms with Crippen LogP contribution in [-0.4, -0.2) is 0 Å². The van der Waals surface area contributed by atoms with E-state index in [4.69, 9.17) is 0 Å². The molecule has 2 aromatic rings. The number of rotatable bonds is 2. The Morgan fingerprint density at radius 1 is 1.10 bits per heavy atom. The molecule has 0 bridgehead atoms. The number of hydrogen-bond donors (Lipinski definition) is 0. The minimum atomic E-state index is 0.613. The fourth-order valence-corrected chi connectivity index (χ4v) is 3.69. The highest BCUT2D eigenvalue weighted by Crippen LogP contribution is 2.42. The molecule has 102 valence electrons. The summed E-state index contributed by atoms with van der Waals surface area (Å²) >= 11 is 0. The Morgan fingerprint density at radius 3 is 2.60 bits per heavy atom. The van der Waals surface area contributed by atoms with Crippen molar-refractivity contribution < 1.29 is 0 Å². The van der Waals surface area contributed by atoms with Crippen LogP contribution in [0.5, 0.6) is 0 Å². The molecule has 0 nitrogen and oxygen atoms in total. The molecule has 20 heavy (non-hydrogen) atoms. The molecular formula is C20H22. The lowest BCUT2D eigenvalue weighted by Gasteiger charge is -2.31. The van der Waals surface area contributed by atoms with Gasteiger partial charge in [0.25, 0.3) is 0 Å². The number of allylic oxidation sites excluding steroid dienone is 1. The molecule has 0 heteroatoms. The summed E-state index contributed by atoms with van der Waals surface area (Å²) in [5.41, 5.74) is 4.13. The third-order valence-electron chi connectivity index (χ3n) is 4.60. The zero-order chi connectivity index (χ0) is 14.3. The zero-order valence-electron chi connectivity index (χ0n) is 12.6. The summed E-state index contributed by atoms with van der Waals surface area (Å²) in [5, 5.41) is 2.66. The van der Waals surface area contributed by atoms with E-state index in [1.807, 2.05) is 6.08 Å². The van der Waals surface area contributed by atoms with Crippen LogP contribution >= 0.6 is 0 Å². The minimum absolute atomic E-state index is 0.613. The molecule has 0 aromatic heterocycles. The van der Waals surface area contributed by atoms with Crippen molar-refractivity contribution in [3.05, 3.63) is 59.7 Å². The molecule has 0 amide bonds. The summed E-state index contributed by atoms with van der Waals surface area (Å²) in [6.45, 7) is 10.9. The van der Waals surface area contributed by atoms with Crippen LogP contribution in [0.1, 0.15) is 43.4 Å². The Labute approximate surface area is 121 Å². The molecule has 0 saturated heterocycles. The monoisotopic (exact) mass is 262 g/mol. The van der Waals surface area contributed by atoms with E-state index in [0.29, 0.717) is 17.8 Å². The van der Waals surface area contributed by atoms with E-state index < -0.39 is 0 Å². The fourth-order valence-electron chi connectivity index (χ4n) is 3.69. The quantitative estimate of drug-likeness (QED) is 0.633. The molecule has 0 radical (unpaired) electrons. The smallest absolute Gasteiger partial charge is 0.00723 e. The summed E-state index contributed by atoms with van der Waals surface area (Å²) in [6.07, 6.45) is 6.63. The van der Waals surface area contributed by atoms with E-state index >= 15 is 0 Å². The van der Waals surface area contributed by atoms with Gasteiger partial charge >= 0.3 is 0 Å². The second-order valence-corrected chi connectivity index (χ2v) is 6.20. The lowest BCUT2D eigenvalue weighted by Crippen LogP contribution is -2.18. The van der Waals surface area contributed by atoms with Crippen molar-refractivity contribution in [1.82, 2.24) is 0 Å². The second kappa shape index (κ2) is 4.94. The third-order valence-corrected chi connectivity index (χ3v) is 4.60. The van der Waals surface area contributed by atoms with Crippen LogP contribution in [-0.2, 0) is 0 Å². The first-order chi connectivity index (χ1) is 9.63. The molecule has 2 atom stereocenters. The van der Waals surface area contributed by atoms with E-state index in [1.165, 1.54) is 27.5 Å². The normalized spacial score (nSPS) is 21.2. The van der Waals surface area contributed by atoms with Crippen molar-refractivity contribution in [2.45, 2.75) is 26.7 Å². The van der Waals surface area contributed by atoms with Crippen molar-refractivity contribution in [2.75, 3.05) is 0 Å². The first-order valence-corrected chi connectivity index (χ1v) is 7.49. The van der Waals surface area contributed by atoms with Crippen LogP contribution < -0.4 is 0 Å². The van der Waals surface area contributed by atoms with Crippen molar-refractivity contribution in [2.24, 2.45) is 11.8 Å². The molecular weight excluding hydrogens is 240 g/mol. The molecule has 0 spiro atoms. The van der Waals surface area contributed by atoms with Crippen LogP contribution in [0.25, 0.3) is 22.9 Å². The van der Waals surface area contributed by atoms with E-state index in [2.05, 4.69) is 69.8 Å². The highest BCUT2D eigenvalue weighted by Gasteiger charge is 2.26. The third kappa shape index (κ3) is 1.91. The van der Waals surface area contributed by atoms with Gasteiger partial charge < -0.3 is 0 Å². The first-order valence-electron chi connectivity index (χ1n) is 7.49. The highest BCUT2D eigenvalue weighted by molar-refractivity contribution is 5.97. The Hall–Kier alpha value is -1.82. The predicted molar refractivity (Wildman–Crippen MR) is 89.8 cm³/mol. The van der Waals surface area contributed by atoms with Gasteiger partial charge in [0.05, 0.1) is 0 Å². The summed E-state index contributed by atoms with van der Waals surface area (Å²) < 4.78 is 0. The van der Waals surface area contributed by atoms with Crippen LogP contribution in [0, 0.1) is 11.8 Å². The minimum Gasteiger partial charge on any atom is -0.0984 e. The molecule has 0 fully saturated rings. The van der Waals surface area contributed by atoms with Crippen LogP contribution in [0.3, 0.4) is 0 Å². The highest BCUT2D eigenvalue weighted by atomic mass is 14.3. The van der Waals surface area contributed by atoms with Crippen LogP contribution in [0.2, 0.25) is 0 Å². The SMILES string of the molecule is C=Cc1cccc2c3c(ccc12)C(C(C)C)C(C)C=C3. The fraction of sp³-hybridized carbons (Fsp3) is 0.300. The number of benzene rings is 2. The van der Waals surface area contributed by atoms with Gasteiger partial charge in [0, 0.05) is 0 Å². The standard InChI is InChI=1S/C20H22/c1-5-15-7-6-8-17-16(15)11-12-19-18(17)10-9-14(4)20(19)13(2)3/h5-14,20H,1H2,2-4H3. The van der Waals surface area contributed by atoms with Crippen LogP contribution in [0.15, 0.2) is 43.0 Å². The maximum atomic E-state index is 3.93. The molecule has 1 aliphatic rings. The topological polar surface area (TPSA) is 0 Å². The van der Waals surface area contributed by atoms with Crippen molar-refractivity contribution in [3.63, 3.8) is 0 Å². The van der Waals surface area contributed by atoms with Gasteiger partial charge in [-0.05, 0) is 45.2 Å². The van der Waals surface area contributed by atoms with Gasteiger partial charge in [-0.1, -0.05) is 75.9 Å². The summed E-state index contributed by atoms with van der Waals surface area (Å²) in [5.74, 6) is 1.89. The summed E-state index contributed by atoms with van der Waals surface area (Å²) in [7, 11) is 0. The van der Waals surface area contributed by atoms with Crippen molar-refractivity contribution in [3.8, 4) is 0 Å². The van der Waals surface area contributed by atoms with Crippen molar-refractivity contribution in [1.29, 1.82) is 0 Å². The van der Waals surface area contributed by atoms with E-state index in [-0.39, 0.29) is 0 Å². The molecule has 2 unspecified atom stereocenters. The molecule has 0 N–H and O–H groups in total. The van der Waals surface area contributed by atoms with Gasteiger partial charge in [0.15, 0.2) is 0 Å². The number of fused-ring (bicyclic) bond motifs is 3. The molecule has 0 saturated carbocycles. The van der Waals surface area contributed by atoms with E-state index in [1.54, 1.807) is 0 Å². The van der Waals surface area contributed by atoms with E-state index in [0.717, 1.165) is 0 Å². The summed E-state index contributed by atoms with van der Waals surface area (Å²) in [4.78, 5) is 0. The maximum Gasteiger partial charge on any atom is -0.00723 e. The molecule has 0 aliphatic heterocycles. The Kier molecular flexibility index (Phi) is 3.25. The molecule has 3 rings (SSSR count). The molecule has 0 heterocycles. The Morgan fingerprint density at radius 2 is 1.90 bits per heavy atom. The lowest BCUT2D eigenvalue weighted by molar-refractivity contribution is 0.414. The average molecular weight is 262 g/mol. The average Bonchev–Trinajstić information content (AvgIpc) is 2.45. The predicted octanol–water partition coefficient (Wildman–Crippen LogP) is 5.89. The van der Waals surface area contributed by atoms with Crippen LogP contribution in [0.4, 0.5) is 0 Å². The molecule has 2 aromatic carbocycles. The molecule has 1 aliphatic carbocycles. The van der Waals surface area contributed by atoms with Gasteiger partial charge in [0.2, 0.25) is 0 Å². The number of hydrogen-bond acceptors (Lipinski definition) is 0. The van der Waals surface area contributed by atoms with Gasteiger partial charge in [-0.25, -0.2) is 0 Å². The van der Waals surface area contributed by atoms with Gasteiger partial charge in [-0.3, -0.25) is 0 Å². The second-order valence-electron chi connectivity index (χ2n) is 6.20. The Bertz CT molecular complexity index is 688. The van der Waals surface area contributed by atoms with Crippen molar-refractivity contribution >= 4 is 22.9 Å². The maximum absolute atomic E-state index is 3.93. The Balaban J connectivity index is 2.31. The summed E-state index contributed by atoms with van der Waals surface area (Å²) in [6, 6.07) is 11.1. The lowest BCUT2D eigenvalue weighted by atomic mass is 9.73. The first kappa shape index (κ1) is 13.2. The van der Waals surface area contributed by atoms with Gasteiger partial charge in [0.1, 0.15) is 0 Å². The zero-order valence-corrected chi connectivity index (χ0v) is 12.6. The van der Waals surface area contributed by atoms with E-state index in [9.17, 15) is 0 Å².